The second-order valence-electron chi connectivity index (χ2n) is 3.60. The fraction of sp³-hybridized carbons (Fsp3) is 0.364. The van der Waals surface area contributed by atoms with Crippen LogP contribution in [-0.4, -0.2) is 7.11 Å². The van der Waals surface area contributed by atoms with Gasteiger partial charge in [0.2, 0.25) is 0 Å². The van der Waals surface area contributed by atoms with Crippen molar-refractivity contribution in [1.29, 1.82) is 5.26 Å². The average Bonchev–Trinajstić information content (AvgIpc) is 2.17. The molecule has 0 radical (unpaired) electrons. The smallest absolute Gasteiger partial charge is 0.124 e. The van der Waals surface area contributed by atoms with Gasteiger partial charge >= 0.3 is 0 Å². The fourth-order valence-electron chi connectivity index (χ4n) is 1.39. The number of ether oxygens (including phenoxy) is 1. The van der Waals surface area contributed by atoms with Crippen LogP contribution in [0.1, 0.15) is 18.9 Å². The molecule has 0 amide bonds. The highest BCUT2D eigenvalue weighted by atomic mass is 79.9. The standard InChI is InChI=1S/C11H13BrN2O/c1-11(14,5-6-13)9-7-8(12)3-4-10(9)15-2/h3-4,7H,5,14H2,1-2H3. The Morgan fingerprint density at radius 2 is 2.27 bits per heavy atom. The Hall–Kier alpha value is -1.05. The maximum atomic E-state index is 8.71. The van der Waals surface area contributed by atoms with Gasteiger partial charge in [-0.1, -0.05) is 15.9 Å². The first-order chi connectivity index (χ1) is 7.01. The zero-order valence-electron chi connectivity index (χ0n) is 8.75. The van der Waals surface area contributed by atoms with Crippen LogP contribution in [0.3, 0.4) is 0 Å². The minimum absolute atomic E-state index is 0.250. The lowest BCUT2D eigenvalue weighted by Gasteiger charge is -2.24. The molecule has 1 aromatic carbocycles. The van der Waals surface area contributed by atoms with Crippen LogP contribution in [0.25, 0.3) is 0 Å². The van der Waals surface area contributed by atoms with Crippen molar-refractivity contribution in [1.82, 2.24) is 0 Å². The maximum Gasteiger partial charge on any atom is 0.124 e. The van der Waals surface area contributed by atoms with E-state index < -0.39 is 5.54 Å². The molecular weight excluding hydrogens is 256 g/mol. The Morgan fingerprint density at radius 1 is 1.60 bits per heavy atom. The van der Waals surface area contributed by atoms with Crippen molar-refractivity contribution < 1.29 is 4.74 Å². The number of benzene rings is 1. The summed E-state index contributed by atoms with van der Waals surface area (Å²) < 4.78 is 6.15. The molecule has 1 rings (SSSR count). The molecule has 0 aliphatic rings. The number of nitrogens with two attached hydrogens (primary N) is 1. The van der Waals surface area contributed by atoms with Gasteiger partial charge in [0.15, 0.2) is 0 Å². The van der Waals surface area contributed by atoms with E-state index in [9.17, 15) is 0 Å². The van der Waals surface area contributed by atoms with Gasteiger partial charge in [-0.2, -0.15) is 5.26 Å². The summed E-state index contributed by atoms with van der Waals surface area (Å²) >= 11 is 3.38. The Balaban J connectivity index is 3.22. The molecule has 0 aliphatic heterocycles. The fourth-order valence-corrected chi connectivity index (χ4v) is 1.75. The monoisotopic (exact) mass is 268 g/mol. The van der Waals surface area contributed by atoms with Gasteiger partial charge in [-0.3, -0.25) is 0 Å². The molecule has 1 aromatic rings. The lowest BCUT2D eigenvalue weighted by Crippen LogP contribution is -2.32. The summed E-state index contributed by atoms with van der Waals surface area (Å²) in [6.07, 6.45) is 0.250. The van der Waals surface area contributed by atoms with E-state index in [0.717, 1.165) is 10.0 Å². The molecule has 1 atom stereocenters. The molecule has 4 heteroatoms. The molecular formula is C11H13BrN2O. The first kappa shape index (κ1) is 12.0. The van der Waals surface area contributed by atoms with E-state index in [-0.39, 0.29) is 6.42 Å². The largest absolute Gasteiger partial charge is 0.496 e. The highest BCUT2D eigenvalue weighted by Gasteiger charge is 2.24. The van der Waals surface area contributed by atoms with E-state index in [4.69, 9.17) is 15.7 Å². The number of nitrogens with zero attached hydrogens (tertiary/aromatic N) is 1. The van der Waals surface area contributed by atoms with Crippen LogP contribution >= 0.6 is 15.9 Å². The van der Waals surface area contributed by atoms with E-state index in [2.05, 4.69) is 22.0 Å². The van der Waals surface area contributed by atoms with Gasteiger partial charge in [0.1, 0.15) is 5.75 Å². The molecule has 0 spiro atoms. The van der Waals surface area contributed by atoms with E-state index in [0.29, 0.717) is 5.75 Å². The summed E-state index contributed by atoms with van der Waals surface area (Å²) in [7, 11) is 1.59. The molecule has 0 bridgehead atoms. The predicted octanol–water partition coefficient (Wildman–Crippen LogP) is 2.55. The van der Waals surface area contributed by atoms with Gasteiger partial charge < -0.3 is 10.5 Å². The molecule has 3 nitrogen and oxygen atoms in total. The van der Waals surface area contributed by atoms with Gasteiger partial charge in [-0.25, -0.2) is 0 Å². The number of hydrogen-bond acceptors (Lipinski definition) is 3. The van der Waals surface area contributed by atoms with Crippen molar-refractivity contribution in [3.05, 3.63) is 28.2 Å². The second-order valence-corrected chi connectivity index (χ2v) is 4.51. The van der Waals surface area contributed by atoms with Crippen molar-refractivity contribution >= 4 is 15.9 Å². The van der Waals surface area contributed by atoms with Crippen molar-refractivity contribution in [2.75, 3.05) is 7.11 Å². The topological polar surface area (TPSA) is 59.0 Å². The maximum absolute atomic E-state index is 8.71. The van der Waals surface area contributed by atoms with Crippen LogP contribution in [0.4, 0.5) is 0 Å². The third-order valence-corrected chi connectivity index (χ3v) is 2.72. The zero-order chi connectivity index (χ0) is 11.5. The minimum Gasteiger partial charge on any atom is -0.496 e. The van der Waals surface area contributed by atoms with Crippen LogP contribution in [0.5, 0.6) is 5.75 Å². The third kappa shape index (κ3) is 2.71. The van der Waals surface area contributed by atoms with E-state index in [1.54, 1.807) is 7.11 Å². The lowest BCUT2D eigenvalue weighted by atomic mass is 9.89. The highest BCUT2D eigenvalue weighted by Crippen LogP contribution is 2.32. The average molecular weight is 269 g/mol. The highest BCUT2D eigenvalue weighted by molar-refractivity contribution is 9.10. The quantitative estimate of drug-likeness (QED) is 0.917. The Bertz CT molecular complexity index is 396. The van der Waals surface area contributed by atoms with Gasteiger partial charge in [0.25, 0.3) is 0 Å². The number of halogens is 1. The molecule has 0 aliphatic carbocycles. The van der Waals surface area contributed by atoms with Gasteiger partial charge in [0.05, 0.1) is 25.1 Å². The first-order valence-corrected chi connectivity index (χ1v) is 5.30. The zero-order valence-corrected chi connectivity index (χ0v) is 10.3. The molecule has 80 valence electrons. The number of rotatable bonds is 3. The van der Waals surface area contributed by atoms with Crippen LogP contribution in [-0.2, 0) is 5.54 Å². The van der Waals surface area contributed by atoms with Crippen LogP contribution in [0, 0.1) is 11.3 Å². The van der Waals surface area contributed by atoms with E-state index in [1.807, 2.05) is 25.1 Å². The van der Waals surface area contributed by atoms with Crippen LogP contribution in [0.15, 0.2) is 22.7 Å². The number of methoxy groups -OCH3 is 1. The van der Waals surface area contributed by atoms with Crippen molar-refractivity contribution in [3.63, 3.8) is 0 Å². The van der Waals surface area contributed by atoms with E-state index in [1.165, 1.54) is 0 Å². The van der Waals surface area contributed by atoms with Gasteiger partial charge in [0, 0.05) is 10.0 Å². The molecule has 0 aromatic heterocycles. The minimum atomic E-state index is -0.691. The second kappa shape index (κ2) is 4.65. The van der Waals surface area contributed by atoms with Crippen LogP contribution in [0.2, 0.25) is 0 Å². The molecule has 0 saturated carbocycles. The Kier molecular flexibility index (Phi) is 3.72. The van der Waals surface area contributed by atoms with Crippen molar-refractivity contribution in [2.45, 2.75) is 18.9 Å². The molecule has 0 fully saturated rings. The molecule has 15 heavy (non-hydrogen) atoms. The van der Waals surface area contributed by atoms with Crippen LogP contribution < -0.4 is 10.5 Å². The predicted molar refractivity (Wildman–Crippen MR) is 62.5 cm³/mol. The van der Waals surface area contributed by atoms with Gasteiger partial charge in [-0.05, 0) is 25.1 Å². The molecule has 2 N–H and O–H groups in total. The molecule has 0 saturated heterocycles. The first-order valence-electron chi connectivity index (χ1n) is 4.51. The normalized spacial score (nSPS) is 14.1. The number of nitriles is 1. The van der Waals surface area contributed by atoms with Gasteiger partial charge in [-0.15, -0.1) is 0 Å². The summed E-state index contributed by atoms with van der Waals surface area (Å²) in [4.78, 5) is 0. The van der Waals surface area contributed by atoms with E-state index >= 15 is 0 Å². The number of hydrogen-bond donors (Lipinski definition) is 1. The van der Waals surface area contributed by atoms with Crippen molar-refractivity contribution in [2.24, 2.45) is 5.73 Å². The molecule has 0 heterocycles. The van der Waals surface area contributed by atoms with Crippen molar-refractivity contribution in [3.8, 4) is 11.8 Å². The summed E-state index contributed by atoms with van der Waals surface area (Å²) in [5.41, 5.74) is 6.21. The SMILES string of the molecule is COc1ccc(Br)cc1C(C)(N)CC#N. The summed E-state index contributed by atoms with van der Waals surface area (Å²) in [5, 5.41) is 8.71. The lowest BCUT2D eigenvalue weighted by molar-refractivity contribution is 0.388. The Morgan fingerprint density at radius 3 is 2.80 bits per heavy atom. The summed E-state index contributed by atoms with van der Waals surface area (Å²) in [6.45, 7) is 1.82. The summed E-state index contributed by atoms with van der Waals surface area (Å²) in [5.74, 6) is 0.707. The third-order valence-electron chi connectivity index (χ3n) is 2.22. The molecule has 1 unspecified atom stereocenters. The summed E-state index contributed by atoms with van der Waals surface area (Å²) in [6, 6.07) is 7.68. The Labute approximate surface area is 98.0 Å².